The maximum atomic E-state index is 12.4. The van der Waals surface area contributed by atoms with Crippen LogP contribution in [0.3, 0.4) is 0 Å². The van der Waals surface area contributed by atoms with E-state index < -0.39 is 6.29 Å². The van der Waals surface area contributed by atoms with Gasteiger partial charge in [-0.3, -0.25) is 4.79 Å². The van der Waals surface area contributed by atoms with Crippen molar-refractivity contribution >= 4 is 5.91 Å². The Hall–Kier alpha value is -2.57. The van der Waals surface area contributed by atoms with Gasteiger partial charge in [0, 0.05) is 30.8 Å². The molecule has 6 nitrogen and oxygen atoms in total. The first-order chi connectivity index (χ1) is 14.4. The van der Waals surface area contributed by atoms with Gasteiger partial charge in [0.05, 0.1) is 6.54 Å². The molecule has 1 aliphatic rings. The molecule has 0 unspecified atom stereocenters. The summed E-state index contributed by atoms with van der Waals surface area (Å²) in [4.78, 5) is 12.4. The molecule has 0 saturated heterocycles. The van der Waals surface area contributed by atoms with Crippen molar-refractivity contribution in [2.75, 3.05) is 19.8 Å². The first-order valence-electron chi connectivity index (χ1n) is 10.5. The van der Waals surface area contributed by atoms with Crippen LogP contribution >= 0.6 is 0 Å². The Labute approximate surface area is 178 Å². The van der Waals surface area contributed by atoms with Gasteiger partial charge >= 0.3 is 0 Å². The number of para-hydroxylation sites is 1. The summed E-state index contributed by atoms with van der Waals surface area (Å²) in [6.45, 7) is 9.71. The third-order valence-electron chi connectivity index (χ3n) is 4.80. The Morgan fingerprint density at radius 2 is 1.80 bits per heavy atom. The SMILES string of the molecule is CCOC(CNC(=O)c1ccc(COc2cccc3c2OC(C)(C)C3)cc1)OCC. The number of carbonyl (C=O) groups excluding carboxylic acids is 1. The highest BCUT2D eigenvalue weighted by atomic mass is 16.7. The van der Waals surface area contributed by atoms with Crippen molar-refractivity contribution in [3.63, 3.8) is 0 Å². The smallest absolute Gasteiger partial charge is 0.251 e. The van der Waals surface area contributed by atoms with E-state index in [1.54, 1.807) is 12.1 Å². The number of ether oxygens (including phenoxy) is 4. The van der Waals surface area contributed by atoms with Crippen molar-refractivity contribution in [1.82, 2.24) is 5.32 Å². The summed E-state index contributed by atoms with van der Waals surface area (Å²) < 4.78 is 22.9. The molecule has 0 radical (unpaired) electrons. The van der Waals surface area contributed by atoms with E-state index in [2.05, 4.69) is 25.2 Å². The second kappa shape index (κ2) is 9.96. The lowest BCUT2D eigenvalue weighted by molar-refractivity contribution is -0.131. The van der Waals surface area contributed by atoms with Gasteiger partial charge in [0.1, 0.15) is 12.2 Å². The number of rotatable bonds is 10. The van der Waals surface area contributed by atoms with Crippen molar-refractivity contribution in [2.24, 2.45) is 0 Å². The van der Waals surface area contributed by atoms with E-state index in [1.165, 1.54) is 5.56 Å². The number of carbonyl (C=O) groups is 1. The summed E-state index contributed by atoms with van der Waals surface area (Å²) in [6, 6.07) is 13.4. The molecule has 1 amide bonds. The molecule has 1 heterocycles. The molecule has 2 aromatic rings. The highest BCUT2D eigenvalue weighted by molar-refractivity contribution is 5.94. The summed E-state index contributed by atoms with van der Waals surface area (Å²) in [5.74, 6) is 1.41. The predicted molar refractivity (Wildman–Crippen MR) is 115 cm³/mol. The molecule has 1 N–H and O–H groups in total. The Bertz CT molecular complexity index is 841. The van der Waals surface area contributed by atoms with Gasteiger partial charge in [-0.15, -0.1) is 0 Å². The Kier molecular flexibility index (Phi) is 7.34. The fraction of sp³-hybridized carbons (Fsp3) is 0.458. The molecule has 0 fully saturated rings. The average Bonchev–Trinajstić information content (AvgIpc) is 3.05. The zero-order valence-corrected chi connectivity index (χ0v) is 18.2. The van der Waals surface area contributed by atoms with Crippen LogP contribution in [0.5, 0.6) is 11.5 Å². The third-order valence-corrected chi connectivity index (χ3v) is 4.80. The lowest BCUT2D eigenvalue weighted by Crippen LogP contribution is -2.35. The number of nitrogens with one attached hydrogen (secondary N) is 1. The zero-order chi connectivity index (χ0) is 21.6. The molecule has 0 saturated carbocycles. The topological polar surface area (TPSA) is 66.0 Å². The van der Waals surface area contributed by atoms with Crippen LogP contribution in [0.1, 0.15) is 49.2 Å². The molecule has 30 heavy (non-hydrogen) atoms. The number of hydrogen-bond donors (Lipinski definition) is 1. The molecule has 0 bridgehead atoms. The van der Waals surface area contributed by atoms with Crippen molar-refractivity contribution in [3.05, 3.63) is 59.2 Å². The molecule has 162 valence electrons. The number of fused-ring (bicyclic) bond motifs is 1. The summed E-state index contributed by atoms with van der Waals surface area (Å²) in [5.41, 5.74) is 2.51. The molecule has 1 aliphatic heterocycles. The van der Waals surface area contributed by atoms with Crippen LogP contribution in [0.15, 0.2) is 42.5 Å². The van der Waals surface area contributed by atoms with Crippen LogP contribution in [0.25, 0.3) is 0 Å². The van der Waals surface area contributed by atoms with Gasteiger partial charge in [-0.2, -0.15) is 0 Å². The highest BCUT2D eigenvalue weighted by Gasteiger charge is 2.32. The summed E-state index contributed by atoms with van der Waals surface area (Å²) in [6.07, 6.45) is 0.438. The monoisotopic (exact) mass is 413 g/mol. The van der Waals surface area contributed by atoms with Crippen molar-refractivity contribution < 1.29 is 23.7 Å². The first kappa shape index (κ1) is 22.1. The van der Waals surface area contributed by atoms with Crippen LogP contribution in [0, 0.1) is 0 Å². The molecule has 0 aliphatic carbocycles. The van der Waals surface area contributed by atoms with Crippen LogP contribution in [-0.4, -0.2) is 37.6 Å². The summed E-state index contributed by atoms with van der Waals surface area (Å²) in [7, 11) is 0. The quantitative estimate of drug-likeness (QED) is 0.594. The third kappa shape index (κ3) is 5.74. The van der Waals surface area contributed by atoms with Crippen molar-refractivity contribution in [3.8, 4) is 11.5 Å². The van der Waals surface area contributed by atoms with Crippen molar-refractivity contribution in [1.29, 1.82) is 0 Å². The van der Waals surface area contributed by atoms with Gasteiger partial charge in [-0.1, -0.05) is 24.3 Å². The van der Waals surface area contributed by atoms with E-state index in [9.17, 15) is 4.79 Å². The molecule has 2 aromatic carbocycles. The van der Waals surface area contributed by atoms with Gasteiger partial charge < -0.3 is 24.3 Å². The van der Waals surface area contributed by atoms with Crippen LogP contribution in [0.2, 0.25) is 0 Å². The minimum atomic E-state index is -0.434. The van der Waals surface area contributed by atoms with E-state index in [4.69, 9.17) is 18.9 Å². The van der Waals surface area contributed by atoms with Crippen molar-refractivity contribution in [2.45, 2.75) is 52.6 Å². The minimum absolute atomic E-state index is 0.164. The second-order valence-corrected chi connectivity index (χ2v) is 7.82. The maximum absolute atomic E-state index is 12.4. The number of amides is 1. The second-order valence-electron chi connectivity index (χ2n) is 7.82. The Morgan fingerprint density at radius 1 is 1.10 bits per heavy atom. The largest absolute Gasteiger partial charge is 0.485 e. The van der Waals surface area contributed by atoms with E-state index in [0.717, 1.165) is 23.5 Å². The molecule has 0 atom stereocenters. The zero-order valence-electron chi connectivity index (χ0n) is 18.2. The van der Waals surface area contributed by atoms with Gasteiger partial charge in [-0.05, 0) is 51.5 Å². The minimum Gasteiger partial charge on any atom is -0.485 e. The first-order valence-corrected chi connectivity index (χ1v) is 10.5. The number of hydrogen-bond acceptors (Lipinski definition) is 5. The van der Waals surface area contributed by atoms with E-state index in [1.807, 2.05) is 38.1 Å². The molecule has 3 rings (SSSR count). The van der Waals surface area contributed by atoms with Gasteiger partial charge in [0.25, 0.3) is 5.91 Å². The molecule has 6 heteroatoms. The van der Waals surface area contributed by atoms with Crippen LogP contribution in [-0.2, 0) is 22.5 Å². The highest BCUT2D eigenvalue weighted by Crippen LogP contribution is 2.41. The normalized spacial score (nSPS) is 14.3. The van der Waals surface area contributed by atoms with E-state index >= 15 is 0 Å². The van der Waals surface area contributed by atoms with Gasteiger partial charge in [0.2, 0.25) is 0 Å². The van der Waals surface area contributed by atoms with Gasteiger partial charge in [-0.25, -0.2) is 0 Å². The molecular weight excluding hydrogens is 382 g/mol. The maximum Gasteiger partial charge on any atom is 0.251 e. The lowest BCUT2D eigenvalue weighted by Gasteiger charge is -2.18. The molecule has 0 spiro atoms. The predicted octanol–water partition coefficient (Wildman–Crippen LogP) is 4.11. The average molecular weight is 414 g/mol. The van der Waals surface area contributed by atoms with Crippen LogP contribution in [0.4, 0.5) is 0 Å². The fourth-order valence-corrected chi connectivity index (χ4v) is 3.43. The molecular formula is C24H31NO5. The number of benzene rings is 2. The fourth-order valence-electron chi connectivity index (χ4n) is 3.43. The summed E-state index contributed by atoms with van der Waals surface area (Å²) >= 11 is 0. The standard InChI is InChI=1S/C24H31NO5/c1-5-27-21(28-6-2)15-25-23(26)18-12-10-17(11-13-18)16-29-20-9-7-8-19-14-24(3,4)30-22(19)20/h7-13,21H,5-6,14-16H2,1-4H3,(H,25,26). The Morgan fingerprint density at radius 3 is 2.47 bits per heavy atom. The van der Waals surface area contributed by atoms with E-state index in [-0.39, 0.29) is 11.5 Å². The molecule has 0 aromatic heterocycles. The van der Waals surface area contributed by atoms with Gasteiger partial charge in [0.15, 0.2) is 17.8 Å². The van der Waals surface area contributed by atoms with E-state index in [0.29, 0.717) is 31.9 Å². The lowest BCUT2D eigenvalue weighted by atomic mass is 10.0. The Balaban J connectivity index is 1.54. The summed E-state index contributed by atoms with van der Waals surface area (Å²) in [5, 5.41) is 2.85. The van der Waals surface area contributed by atoms with Crippen LogP contribution < -0.4 is 14.8 Å².